The summed E-state index contributed by atoms with van der Waals surface area (Å²) in [5.41, 5.74) is 1.67. The van der Waals surface area contributed by atoms with Crippen LogP contribution in [0.4, 0.5) is 11.5 Å². The molecule has 0 saturated heterocycles. The molecule has 2 N–H and O–H groups in total. The molecule has 3 aromatic rings. The number of methoxy groups -OCH3 is 1. The predicted molar refractivity (Wildman–Crippen MR) is 101 cm³/mol. The van der Waals surface area contributed by atoms with Crippen LogP contribution in [-0.2, 0) is 4.74 Å². The molecule has 3 rings (SSSR count). The van der Waals surface area contributed by atoms with Crippen LogP contribution in [-0.4, -0.2) is 30.1 Å². The summed E-state index contributed by atoms with van der Waals surface area (Å²) in [6.45, 7) is 1.72. The van der Waals surface area contributed by atoms with E-state index in [0.717, 1.165) is 0 Å². The van der Waals surface area contributed by atoms with Crippen molar-refractivity contribution in [3.63, 3.8) is 0 Å². The van der Waals surface area contributed by atoms with Crippen LogP contribution in [0.5, 0.6) is 0 Å². The first-order valence-corrected chi connectivity index (χ1v) is 8.31. The normalized spacial score (nSPS) is 10.2. The first-order chi connectivity index (χ1) is 13.5. The van der Waals surface area contributed by atoms with Crippen molar-refractivity contribution in [1.29, 1.82) is 0 Å². The van der Waals surface area contributed by atoms with Crippen LogP contribution < -0.4 is 10.6 Å². The highest BCUT2D eigenvalue weighted by atomic mass is 16.5. The minimum absolute atomic E-state index is 0.319. The van der Waals surface area contributed by atoms with Crippen molar-refractivity contribution in [3.8, 4) is 0 Å². The lowest BCUT2D eigenvalue weighted by atomic mass is 10.1. The van der Waals surface area contributed by atoms with E-state index in [-0.39, 0.29) is 11.8 Å². The van der Waals surface area contributed by atoms with E-state index in [1.54, 1.807) is 49.4 Å². The highest BCUT2D eigenvalue weighted by Crippen LogP contribution is 2.14. The molecule has 28 heavy (non-hydrogen) atoms. The second kappa shape index (κ2) is 8.17. The van der Waals surface area contributed by atoms with Crippen molar-refractivity contribution in [2.45, 2.75) is 6.92 Å². The Kier molecular flexibility index (Phi) is 5.50. The molecule has 142 valence electrons. The monoisotopic (exact) mass is 379 g/mol. The lowest BCUT2D eigenvalue weighted by Crippen LogP contribution is -2.14. The molecule has 0 atom stereocenters. The van der Waals surface area contributed by atoms with Gasteiger partial charge in [0, 0.05) is 22.9 Å². The molecule has 0 unspecified atom stereocenters. The largest absolute Gasteiger partial charge is 0.465 e. The van der Waals surface area contributed by atoms with Gasteiger partial charge < -0.3 is 19.9 Å². The lowest BCUT2D eigenvalue weighted by molar-refractivity contribution is 0.0600. The highest BCUT2D eigenvalue weighted by Gasteiger charge is 2.12. The Balaban J connectivity index is 1.63. The summed E-state index contributed by atoms with van der Waals surface area (Å²) in [6.07, 6.45) is 0. The third kappa shape index (κ3) is 4.42. The fourth-order valence-corrected chi connectivity index (χ4v) is 2.40. The van der Waals surface area contributed by atoms with Gasteiger partial charge in [-0.3, -0.25) is 9.59 Å². The van der Waals surface area contributed by atoms with Gasteiger partial charge in [-0.15, -0.1) is 0 Å². The Morgan fingerprint density at radius 1 is 0.857 bits per heavy atom. The number of nitrogens with zero attached hydrogens (tertiary/aromatic N) is 1. The maximum Gasteiger partial charge on any atom is 0.337 e. The number of hydrogen-bond donors (Lipinski definition) is 2. The fourth-order valence-electron chi connectivity index (χ4n) is 2.40. The van der Waals surface area contributed by atoms with E-state index in [9.17, 15) is 14.4 Å². The Morgan fingerprint density at radius 3 is 1.89 bits per heavy atom. The Bertz CT molecular complexity index is 1010. The van der Waals surface area contributed by atoms with Crippen molar-refractivity contribution in [3.05, 3.63) is 77.0 Å². The number of carbonyl (C=O) groups is 3. The highest BCUT2D eigenvalue weighted by molar-refractivity contribution is 6.07. The van der Waals surface area contributed by atoms with Crippen LogP contribution in [0.15, 0.2) is 59.1 Å². The zero-order valence-electron chi connectivity index (χ0n) is 15.2. The molecule has 1 aromatic heterocycles. The van der Waals surface area contributed by atoms with E-state index in [0.29, 0.717) is 34.0 Å². The van der Waals surface area contributed by atoms with Gasteiger partial charge in [0.1, 0.15) is 5.76 Å². The Labute approximate surface area is 160 Å². The number of ether oxygens (including phenoxy) is 1. The van der Waals surface area contributed by atoms with Crippen LogP contribution in [0.3, 0.4) is 0 Å². The van der Waals surface area contributed by atoms with Gasteiger partial charge in [-0.25, -0.2) is 4.79 Å². The summed E-state index contributed by atoms with van der Waals surface area (Å²) in [5.74, 6) is -0.252. The summed E-state index contributed by atoms with van der Waals surface area (Å²) in [4.78, 5) is 35.9. The van der Waals surface area contributed by atoms with Gasteiger partial charge in [0.15, 0.2) is 5.82 Å². The van der Waals surface area contributed by atoms with E-state index in [1.807, 2.05) is 0 Å². The van der Waals surface area contributed by atoms with E-state index >= 15 is 0 Å². The molecule has 0 saturated carbocycles. The van der Waals surface area contributed by atoms with Gasteiger partial charge >= 0.3 is 5.97 Å². The molecule has 8 heteroatoms. The molecular formula is C20H17N3O5. The SMILES string of the molecule is COC(=O)c1ccc(NC(=O)c2ccc(C(=O)Nc3cc(C)on3)cc2)cc1. The lowest BCUT2D eigenvalue weighted by Gasteiger charge is -2.07. The molecule has 8 nitrogen and oxygen atoms in total. The molecule has 2 aromatic carbocycles. The molecule has 0 aliphatic heterocycles. The van der Waals surface area contributed by atoms with E-state index < -0.39 is 5.97 Å². The van der Waals surface area contributed by atoms with Gasteiger partial charge in [-0.05, 0) is 55.5 Å². The van der Waals surface area contributed by atoms with Crippen molar-refractivity contribution < 1.29 is 23.6 Å². The van der Waals surface area contributed by atoms with Crippen molar-refractivity contribution in [2.24, 2.45) is 0 Å². The summed E-state index contributed by atoms with van der Waals surface area (Å²) in [6, 6.07) is 14.1. The smallest absolute Gasteiger partial charge is 0.337 e. The molecule has 1 heterocycles. The fraction of sp³-hybridized carbons (Fsp3) is 0.100. The van der Waals surface area contributed by atoms with Crippen LogP contribution in [0.25, 0.3) is 0 Å². The number of benzene rings is 2. The number of carbonyl (C=O) groups excluding carboxylic acids is 3. The first-order valence-electron chi connectivity index (χ1n) is 8.31. The Morgan fingerprint density at radius 2 is 1.39 bits per heavy atom. The van der Waals surface area contributed by atoms with E-state index in [1.165, 1.54) is 19.2 Å². The molecule has 0 radical (unpaired) electrons. The van der Waals surface area contributed by atoms with E-state index in [4.69, 9.17) is 4.52 Å². The summed E-state index contributed by atoms with van der Waals surface area (Å²) < 4.78 is 9.52. The number of aromatic nitrogens is 1. The number of aryl methyl sites for hydroxylation is 1. The first kappa shape index (κ1) is 18.8. The van der Waals surface area contributed by atoms with Crippen molar-refractivity contribution >= 4 is 29.3 Å². The standard InChI is InChI=1S/C20H17N3O5/c1-12-11-17(23-28-12)22-19(25)14-5-3-13(4-6-14)18(24)21-16-9-7-15(8-10-16)20(26)27-2/h3-11H,1-2H3,(H,21,24)(H,22,23,25). The second-order valence-corrected chi connectivity index (χ2v) is 5.88. The van der Waals surface area contributed by atoms with Gasteiger partial charge in [0.2, 0.25) is 0 Å². The molecule has 0 aliphatic carbocycles. The maximum absolute atomic E-state index is 12.3. The summed E-state index contributed by atoms with van der Waals surface area (Å²) in [5, 5.41) is 9.02. The van der Waals surface area contributed by atoms with Gasteiger partial charge in [0.05, 0.1) is 12.7 Å². The van der Waals surface area contributed by atoms with Crippen LogP contribution in [0, 0.1) is 6.92 Å². The third-order valence-corrected chi connectivity index (χ3v) is 3.84. The summed E-state index contributed by atoms with van der Waals surface area (Å²) >= 11 is 0. The average Bonchev–Trinajstić information content (AvgIpc) is 3.12. The number of amides is 2. The number of nitrogens with one attached hydrogen (secondary N) is 2. The van der Waals surface area contributed by atoms with Crippen LogP contribution in [0.2, 0.25) is 0 Å². The van der Waals surface area contributed by atoms with Crippen LogP contribution >= 0.6 is 0 Å². The minimum Gasteiger partial charge on any atom is -0.465 e. The molecular weight excluding hydrogens is 362 g/mol. The number of esters is 1. The van der Waals surface area contributed by atoms with Gasteiger partial charge in [0.25, 0.3) is 11.8 Å². The van der Waals surface area contributed by atoms with Crippen molar-refractivity contribution in [1.82, 2.24) is 5.16 Å². The molecule has 0 aliphatic rings. The maximum atomic E-state index is 12.3. The predicted octanol–water partition coefficient (Wildman–Crippen LogP) is 3.27. The minimum atomic E-state index is -0.451. The molecule has 2 amide bonds. The van der Waals surface area contributed by atoms with Crippen LogP contribution in [0.1, 0.15) is 36.8 Å². The number of anilines is 2. The second-order valence-electron chi connectivity index (χ2n) is 5.88. The molecule has 0 bridgehead atoms. The zero-order chi connectivity index (χ0) is 20.1. The number of rotatable bonds is 5. The summed E-state index contributed by atoms with van der Waals surface area (Å²) in [7, 11) is 1.30. The molecule has 0 spiro atoms. The number of hydrogen-bond acceptors (Lipinski definition) is 6. The quantitative estimate of drug-likeness (QED) is 0.658. The third-order valence-electron chi connectivity index (χ3n) is 3.84. The Hall–Kier alpha value is -3.94. The van der Waals surface area contributed by atoms with Gasteiger partial charge in [-0.1, -0.05) is 5.16 Å². The van der Waals surface area contributed by atoms with Crippen molar-refractivity contribution in [2.75, 3.05) is 17.7 Å². The van der Waals surface area contributed by atoms with Gasteiger partial charge in [-0.2, -0.15) is 0 Å². The topological polar surface area (TPSA) is 111 Å². The molecule has 0 fully saturated rings. The zero-order valence-corrected chi connectivity index (χ0v) is 15.2. The average molecular weight is 379 g/mol. The van der Waals surface area contributed by atoms with E-state index in [2.05, 4.69) is 20.5 Å².